The van der Waals surface area contributed by atoms with E-state index < -0.39 is 11.7 Å². The van der Waals surface area contributed by atoms with E-state index >= 15 is 0 Å². The SMILES string of the molecule is CC(C)Cc1cc(CN(C)CCN2CCN(c3cccc(C(F)(F)F)c3)CC2)on1. The van der Waals surface area contributed by atoms with Gasteiger partial charge in [0.25, 0.3) is 0 Å². The summed E-state index contributed by atoms with van der Waals surface area (Å²) in [5.74, 6) is 1.43. The van der Waals surface area contributed by atoms with Crippen molar-refractivity contribution in [3.05, 3.63) is 47.3 Å². The molecule has 2 heterocycles. The van der Waals surface area contributed by atoms with E-state index in [1.54, 1.807) is 6.07 Å². The van der Waals surface area contributed by atoms with Crippen LogP contribution in [0.5, 0.6) is 0 Å². The fourth-order valence-corrected chi connectivity index (χ4v) is 3.71. The third-order valence-electron chi connectivity index (χ3n) is 5.36. The Labute approximate surface area is 176 Å². The summed E-state index contributed by atoms with van der Waals surface area (Å²) in [6.45, 7) is 9.98. The Kier molecular flexibility index (Phi) is 7.41. The highest BCUT2D eigenvalue weighted by Gasteiger charge is 2.31. The summed E-state index contributed by atoms with van der Waals surface area (Å²) in [7, 11) is 2.06. The molecular formula is C22H31F3N4O. The fourth-order valence-electron chi connectivity index (χ4n) is 3.71. The van der Waals surface area contributed by atoms with E-state index in [4.69, 9.17) is 4.52 Å². The molecule has 0 saturated carbocycles. The van der Waals surface area contributed by atoms with E-state index in [-0.39, 0.29) is 0 Å². The quantitative estimate of drug-likeness (QED) is 0.636. The van der Waals surface area contributed by atoms with E-state index in [9.17, 15) is 13.2 Å². The van der Waals surface area contributed by atoms with Gasteiger partial charge in [0.05, 0.1) is 17.8 Å². The molecule has 5 nitrogen and oxygen atoms in total. The van der Waals surface area contributed by atoms with Gasteiger partial charge < -0.3 is 9.42 Å². The number of hydrogen-bond acceptors (Lipinski definition) is 5. The Morgan fingerprint density at radius 2 is 1.87 bits per heavy atom. The van der Waals surface area contributed by atoms with Gasteiger partial charge in [0.2, 0.25) is 0 Å². The summed E-state index contributed by atoms with van der Waals surface area (Å²) in [6.07, 6.45) is -3.38. The van der Waals surface area contributed by atoms with Crippen molar-refractivity contribution in [2.45, 2.75) is 33.0 Å². The minimum atomic E-state index is -4.30. The van der Waals surface area contributed by atoms with Crippen molar-refractivity contribution >= 4 is 5.69 Å². The van der Waals surface area contributed by atoms with Gasteiger partial charge in [-0.15, -0.1) is 0 Å². The minimum absolute atomic E-state index is 0.551. The average molecular weight is 425 g/mol. The van der Waals surface area contributed by atoms with Crippen LogP contribution in [0.25, 0.3) is 0 Å². The normalized spacial score (nSPS) is 16.1. The van der Waals surface area contributed by atoms with Crippen LogP contribution in [0.15, 0.2) is 34.9 Å². The third kappa shape index (κ3) is 6.47. The summed E-state index contributed by atoms with van der Waals surface area (Å²) < 4.78 is 44.3. The summed E-state index contributed by atoms with van der Waals surface area (Å²) in [6, 6.07) is 7.63. The summed E-state index contributed by atoms with van der Waals surface area (Å²) in [4.78, 5) is 6.59. The number of nitrogens with zero attached hydrogens (tertiary/aromatic N) is 4. The van der Waals surface area contributed by atoms with Crippen LogP contribution in [-0.4, -0.2) is 61.3 Å². The molecule has 0 bridgehead atoms. The number of piperazine rings is 1. The van der Waals surface area contributed by atoms with Gasteiger partial charge in [-0.25, -0.2) is 0 Å². The zero-order valence-electron chi connectivity index (χ0n) is 18.0. The highest BCUT2D eigenvalue weighted by Crippen LogP contribution is 2.31. The maximum atomic E-state index is 12.9. The predicted molar refractivity (Wildman–Crippen MR) is 111 cm³/mol. The largest absolute Gasteiger partial charge is 0.416 e. The smallest absolute Gasteiger partial charge is 0.369 e. The van der Waals surface area contributed by atoms with E-state index in [1.165, 1.54) is 12.1 Å². The Morgan fingerprint density at radius 3 is 2.53 bits per heavy atom. The number of rotatable bonds is 8. The molecule has 1 saturated heterocycles. The molecule has 166 valence electrons. The van der Waals surface area contributed by atoms with Crippen LogP contribution in [0.3, 0.4) is 0 Å². The molecule has 1 aliphatic rings. The molecule has 1 fully saturated rings. The van der Waals surface area contributed by atoms with Crippen molar-refractivity contribution in [3.63, 3.8) is 0 Å². The molecule has 30 heavy (non-hydrogen) atoms. The second kappa shape index (κ2) is 9.83. The molecule has 0 N–H and O–H groups in total. The van der Waals surface area contributed by atoms with Crippen molar-refractivity contribution in [1.29, 1.82) is 0 Å². The summed E-state index contributed by atoms with van der Waals surface area (Å²) in [5, 5.41) is 4.13. The molecule has 8 heteroatoms. The lowest BCUT2D eigenvalue weighted by Crippen LogP contribution is -2.48. The van der Waals surface area contributed by atoms with Crippen LogP contribution in [0.2, 0.25) is 0 Å². The Hall–Kier alpha value is -2.06. The Balaban J connectivity index is 1.42. The van der Waals surface area contributed by atoms with Crippen molar-refractivity contribution in [1.82, 2.24) is 15.0 Å². The van der Waals surface area contributed by atoms with Crippen LogP contribution in [0.1, 0.15) is 30.9 Å². The summed E-state index contributed by atoms with van der Waals surface area (Å²) in [5.41, 5.74) is 1.05. The van der Waals surface area contributed by atoms with Crippen molar-refractivity contribution in [2.75, 3.05) is 51.2 Å². The van der Waals surface area contributed by atoms with Crippen LogP contribution in [0, 0.1) is 5.92 Å². The molecule has 0 radical (unpaired) electrons. The number of aromatic nitrogens is 1. The number of alkyl halides is 3. The lowest BCUT2D eigenvalue weighted by atomic mass is 10.1. The van der Waals surface area contributed by atoms with E-state index in [2.05, 4.69) is 35.9 Å². The number of likely N-dealkylation sites (N-methyl/N-ethyl adjacent to an activating group) is 1. The zero-order valence-corrected chi connectivity index (χ0v) is 18.0. The van der Waals surface area contributed by atoms with Crippen molar-refractivity contribution in [2.24, 2.45) is 5.92 Å². The molecule has 3 rings (SSSR count). The van der Waals surface area contributed by atoms with Gasteiger partial charge in [0.15, 0.2) is 5.76 Å². The Bertz CT molecular complexity index is 798. The molecular weight excluding hydrogens is 393 g/mol. The molecule has 0 spiro atoms. The molecule has 1 aromatic carbocycles. The highest BCUT2D eigenvalue weighted by molar-refractivity contribution is 5.49. The first-order valence-corrected chi connectivity index (χ1v) is 10.5. The first kappa shape index (κ1) is 22.6. The number of hydrogen-bond donors (Lipinski definition) is 0. The molecule has 0 amide bonds. The average Bonchev–Trinajstić information content (AvgIpc) is 3.12. The molecule has 2 aromatic rings. The number of halogens is 3. The number of anilines is 1. The van der Waals surface area contributed by atoms with Gasteiger partial charge in [0.1, 0.15) is 0 Å². The highest BCUT2D eigenvalue weighted by atomic mass is 19.4. The van der Waals surface area contributed by atoms with Crippen molar-refractivity contribution in [3.8, 4) is 0 Å². The topological polar surface area (TPSA) is 35.8 Å². The monoisotopic (exact) mass is 424 g/mol. The lowest BCUT2D eigenvalue weighted by Gasteiger charge is -2.36. The third-order valence-corrected chi connectivity index (χ3v) is 5.36. The van der Waals surface area contributed by atoms with Crippen molar-refractivity contribution < 1.29 is 17.7 Å². The van der Waals surface area contributed by atoms with Crippen LogP contribution >= 0.6 is 0 Å². The molecule has 1 aromatic heterocycles. The molecule has 0 aliphatic carbocycles. The van der Waals surface area contributed by atoms with Gasteiger partial charge in [-0.2, -0.15) is 13.2 Å². The Morgan fingerprint density at radius 1 is 1.13 bits per heavy atom. The van der Waals surface area contributed by atoms with Crippen LogP contribution in [0.4, 0.5) is 18.9 Å². The first-order valence-electron chi connectivity index (χ1n) is 10.5. The van der Waals surface area contributed by atoms with Gasteiger partial charge in [-0.05, 0) is 37.6 Å². The van der Waals surface area contributed by atoms with Crippen LogP contribution in [-0.2, 0) is 19.1 Å². The second-order valence-corrected chi connectivity index (χ2v) is 8.50. The van der Waals surface area contributed by atoms with Gasteiger partial charge in [-0.3, -0.25) is 9.80 Å². The van der Waals surface area contributed by atoms with E-state index in [0.717, 1.165) is 69.8 Å². The van der Waals surface area contributed by atoms with Gasteiger partial charge in [-0.1, -0.05) is 25.1 Å². The van der Waals surface area contributed by atoms with E-state index in [0.29, 0.717) is 11.6 Å². The minimum Gasteiger partial charge on any atom is -0.369 e. The van der Waals surface area contributed by atoms with E-state index in [1.807, 2.05) is 11.0 Å². The maximum Gasteiger partial charge on any atom is 0.416 e. The molecule has 1 aliphatic heterocycles. The zero-order chi connectivity index (χ0) is 21.7. The molecule has 0 unspecified atom stereocenters. The van der Waals surface area contributed by atoms with Gasteiger partial charge >= 0.3 is 6.18 Å². The molecule has 0 atom stereocenters. The van der Waals surface area contributed by atoms with Crippen LogP contribution < -0.4 is 4.90 Å². The summed E-state index contributed by atoms with van der Waals surface area (Å²) >= 11 is 0. The van der Waals surface area contributed by atoms with Gasteiger partial charge in [0, 0.05) is 51.0 Å². The first-order chi connectivity index (χ1) is 14.2. The fraction of sp³-hybridized carbons (Fsp3) is 0.591. The predicted octanol–water partition coefficient (Wildman–Crippen LogP) is 4.15. The standard InChI is InChI=1S/C22H31F3N4O/c1-17(2)13-19-15-21(30-26-19)16-27(3)7-8-28-9-11-29(12-10-28)20-6-4-5-18(14-20)22(23,24)25/h4-6,14-15,17H,7-13,16H2,1-3H3. The lowest BCUT2D eigenvalue weighted by molar-refractivity contribution is -0.137. The second-order valence-electron chi connectivity index (χ2n) is 8.50. The maximum absolute atomic E-state index is 12.9. The number of benzene rings is 1.